The SMILES string of the molecule is Clc1ccc(-c2csc(N3N=C(c4cccs4)C[C@@H]3c3cccnc3)n2)cc1. The average Bonchev–Trinajstić information content (AvgIpc) is 3.48. The van der Waals surface area contributed by atoms with Crippen molar-refractivity contribution in [1.29, 1.82) is 0 Å². The largest absolute Gasteiger partial charge is 0.264 e. The number of hydrazone groups is 1. The van der Waals surface area contributed by atoms with Gasteiger partial charge in [0.2, 0.25) is 5.13 Å². The maximum absolute atomic E-state index is 6.01. The predicted octanol–water partition coefficient (Wildman–Crippen LogP) is 6.28. The minimum absolute atomic E-state index is 0.0926. The molecule has 0 bridgehead atoms. The van der Waals surface area contributed by atoms with E-state index < -0.39 is 0 Å². The number of thiazole rings is 1. The second-order valence-electron chi connectivity index (χ2n) is 6.40. The van der Waals surface area contributed by atoms with Crippen LogP contribution in [0.5, 0.6) is 0 Å². The molecule has 4 aromatic rings. The number of halogens is 1. The molecule has 0 aliphatic carbocycles. The molecule has 0 fully saturated rings. The number of benzene rings is 1. The second kappa shape index (κ2) is 7.47. The monoisotopic (exact) mass is 422 g/mol. The number of anilines is 1. The summed E-state index contributed by atoms with van der Waals surface area (Å²) < 4.78 is 0. The minimum atomic E-state index is 0.0926. The number of thiophene rings is 1. The van der Waals surface area contributed by atoms with Crippen LogP contribution in [0.1, 0.15) is 22.9 Å². The van der Waals surface area contributed by atoms with E-state index in [2.05, 4.69) is 33.9 Å². The van der Waals surface area contributed by atoms with Gasteiger partial charge in [-0.05, 0) is 35.2 Å². The third-order valence-electron chi connectivity index (χ3n) is 4.61. The third kappa shape index (κ3) is 3.35. The van der Waals surface area contributed by atoms with Gasteiger partial charge in [0.15, 0.2) is 0 Å². The predicted molar refractivity (Wildman–Crippen MR) is 117 cm³/mol. The van der Waals surface area contributed by atoms with Crippen LogP contribution in [-0.4, -0.2) is 15.7 Å². The Morgan fingerprint density at radius 2 is 1.93 bits per heavy atom. The summed E-state index contributed by atoms with van der Waals surface area (Å²) in [5.41, 5.74) is 4.21. The lowest BCUT2D eigenvalue weighted by molar-refractivity contribution is 0.703. The fraction of sp³-hybridized carbons (Fsp3) is 0.0952. The maximum atomic E-state index is 6.01. The van der Waals surface area contributed by atoms with Gasteiger partial charge in [-0.2, -0.15) is 5.10 Å². The van der Waals surface area contributed by atoms with Crippen molar-refractivity contribution in [2.24, 2.45) is 5.10 Å². The number of hydrogen-bond donors (Lipinski definition) is 0. The van der Waals surface area contributed by atoms with Gasteiger partial charge in [-0.25, -0.2) is 9.99 Å². The Kier molecular flexibility index (Phi) is 4.68. The van der Waals surface area contributed by atoms with Crippen LogP contribution in [0.15, 0.2) is 76.8 Å². The highest BCUT2D eigenvalue weighted by Crippen LogP contribution is 2.39. The van der Waals surface area contributed by atoms with E-state index in [1.165, 1.54) is 4.88 Å². The van der Waals surface area contributed by atoms with Gasteiger partial charge in [0.1, 0.15) is 0 Å². The van der Waals surface area contributed by atoms with Crippen LogP contribution in [-0.2, 0) is 0 Å². The van der Waals surface area contributed by atoms with E-state index in [1.807, 2.05) is 41.5 Å². The summed E-state index contributed by atoms with van der Waals surface area (Å²) in [4.78, 5) is 10.4. The summed E-state index contributed by atoms with van der Waals surface area (Å²) in [5.74, 6) is 0. The molecule has 138 valence electrons. The van der Waals surface area contributed by atoms with Crippen molar-refractivity contribution in [3.8, 4) is 11.3 Å². The molecule has 1 aliphatic rings. The smallest absolute Gasteiger partial charge is 0.207 e. The Bertz CT molecular complexity index is 1110. The molecule has 0 saturated carbocycles. The van der Waals surface area contributed by atoms with Crippen molar-refractivity contribution >= 4 is 45.1 Å². The van der Waals surface area contributed by atoms with Crippen molar-refractivity contribution in [2.75, 3.05) is 5.01 Å². The lowest BCUT2D eigenvalue weighted by Crippen LogP contribution is -2.18. The second-order valence-corrected chi connectivity index (χ2v) is 8.62. The van der Waals surface area contributed by atoms with Gasteiger partial charge < -0.3 is 0 Å². The van der Waals surface area contributed by atoms with Crippen molar-refractivity contribution < 1.29 is 0 Å². The van der Waals surface area contributed by atoms with Crippen molar-refractivity contribution in [3.05, 3.63) is 87.1 Å². The molecule has 4 nitrogen and oxygen atoms in total. The molecule has 0 radical (unpaired) electrons. The summed E-state index contributed by atoms with van der Waals surface area (Å²) in [6, 6.07) is 16.1. The molecule has 4 heterocycles. The summed E-state index contributed by atoms with van der Waals surface area (Å²) in [7, 11) is 0. The fourth-order valence-electron chi connectivity index (χ4n) is 3.23. The van der Waals surface area contributed by atoms with Crippen molar-refractivity contribution in [1.82, 2.24) is 9.97 Å². The van der Waals surface area contributed by atoms with E-state index >= 15 is 0 Å². The first-order valence-corrected chi connectivity index (χ1v) is 10.9. The normalized spacial score (nSPS) is 16.4. The lowest BCUT2D eigenvalue weighted by atomic mass is 10.0. The minimum Gasteiger partial charge on any atom is -0.264 e. The van der Waals surface area contributed by atoms with E-state index in [0.717, 1.165) is 39.1 Å². The molecule has 7 heteroatoms. The third-order valence-corrected chi connectivity index (χ3v) is 6.61. The van der Waals surface area contributed by atoms with Gasteiger partial charge in [0.05, 0.1) is 22.3 Å². The van der Waals surface area contributed by atoms with Gasteiger partial charge in [-0.3, -0.25) is 4.98 Å². The van der Waals surface area contributed by atoms with Crippen LogP contribution < -0.4 is 5.01 Å². The summed E-state index contributed by atoms with van der Waals surface area (Å²) in [6.07, 6.45) is 4.55. The highest BCUT2D eigenvalue weighted by atomic mass is 35.5. The molecule has 3 aromatic heterocycles. The number of nitrogens with zero attached hydrogens (tertiary/aromatic N) is 4. The molecule has 28 heavy (non-hydrogen) atoms. The van der Waals surface area contributed by atoms with Gasteiger partial charge in [-0.1, -0.05) is 35.9 Å². The molecule has 1 aliphatic heterocycles. The molecule has 1 aromatic carbocycles. The van der Waals surface area contributed by atoms with E-state index in [1.54, 1.807) is 28.9 Å². The highest BCUT2D eigenvalue weighted by molar-refractivity contribution is 7.14. The molecule has 0 saturated heterocycles. The number of hydrogen-bond acceptors (Lipinski definition) is 6. The Balaban J connectivity index is 1.52. The number of rotatable bonds is 4. The van der Waals surface area contributed by atoms with E-state index in [-0.39, 0.29) is 6.04 Å². The van der Waals surface area contributed by atoms with Gasteiger partial charge in [-0.15, -0.1) is 22.7 Å². The molecular formula is C21H15ClN4S2. The molecule has 5 rings (SSSR count). The summed E-state index contributed by atoms with van der Waals surface area (Å²) in [5, 5.41) is 12.7. The Morgan fingerprint density at radius 3 is 2.68 bits per heavy atom. The zero-order chi connectivity index (χ0) is 18.9. The first-order chi connectivity index (χ1) is 13.8. The highest BCUT2D eigenvalue weighted by Gasteiger charge is 2.32. The van der Waals surface area contributed by atoms with Crippen molar-refractivity contribution in [3.63, 3.8) is 0 Å². The first kappa shape index (κ1) is 17.6. The fourth-order valence-corrected chi connectivity index (χ4v) is 4.91. The van der Waals surface area contributed by atoms with Crippen LogP contribution in [0.25, 0.3) is 11.3 Å². The van der Waals surface area contributed by atoms with Gasteiger partial charge >= 0.3 is 0 Å². The van der Waals surface area contributed by atoms with Crippen LogP contribution in [0.2, 0.25) is 5.02 Å². The Labute approximate surface area is 175 Å². The molecule has 1 atom stereocenters. The van der Waals surface area contributed by atoms with Crippen LogP contribution in [0.3, 0.4) is 0 Å². The van der Waals surface area contributed by atoms with Gasteiger partial charge in [0.25, 0.3) is 0 Å². The van der Waals surface area contributed by atoms with Crippen LogP contribution in [0, 0.1) is 0 Å². The lowest BCUT2D eigenvalue weighted by Gasteiger charge is -2.20. The molecule has 0 spiro atoms. The van der Waals surface area contributed by atoms with Crippen molar-refractivity contribution in [2.45, 2.75) is 12.5 Å². The van der Waals surface area contributed by atoms with E-state index in [4.69, 9.17) is 21.7 Å². The van der Waals surface area contributed by atoms with E-state index in [0.29, 0.717) is 0 Å². The first-order valence-electron chi connectivity index (χ1n) is 8.80. The molecule has 0 unspecified atom stereocenters. The zero-order valence-electron chi connectivity index (χ0n) is 14.7. The molecule has 0 N–H and O–H groups in total. The maximum Gasteiger partial charge on any atom is 0.207 e. The van der Waals surface area contributed by atoms with Gasteiger partial charge in [0, 0.05) is 34.8 Å². The average molecular weight is 423 g/mol. The Morgan fingerprint density at radius 1 is 1.04 bits per heavy atom. The topological polar surface area (TPSA) is 41.4 Å². The standard InChI is InChI=1S/C21H15ClN4S2/c22-16-7-5-14(6-8-16)18-13-28-21(24-18)26-19(15-3-1-9-23-12-15)11-17(25-26)20-4-2-10-27-20/h1-10,12-13,19H,11H2/t19-/m1/s1. The molecule has 0 amide bonds. The van der Waals surface area contributed by atoms with E-state index in [9.17, 15) is 0 Å². The van der Waals surface area contributed by atoms with Crippen LogP contribution in [0.4, 0.5) is 5.13 Å². The Hall–Kier alpha value is -2.54. The number of pyridine rings is 1. The summed E-state index contributed by atoms with van der Waals surface area (Å²) in [6.45, 7) is 0. The summed E-state index contributed by atoms with van der Waals surface area (Å²) >= 11 is 9.33. The van der Waals surface area contributed by atoms with Crippen LogP contribution >= 0.6 is 34.3 Å². The number of aromatic nitrogens is 2. The zero-order valence-corrected chi connectivity index (χ0v) is 17.1. The molecular weight excluding hydrogens is 408 g/mol. The quantitative estimate of drug-likeness (QED) is 0.389.